The number of sulfonamides is 1. The van der Waals surface area contributed by atoms with Crippen molar-refractivity contribution in [1.29, 1.82) is 0 Å². The van der Waals surface area contributed by atoms with Gasteiger partial charge in [0.1, 0.15) is 11.6 Å². The van der Waals surface area contributed by atoms with Crippen molar-refractivity contribution in [2.75, 3.05) is 13.7 Å². The molecule has 0 radical (unpaired) electrons. The summed E-state index contributed by atoms with van der Waals surface area (Å²) >= 11 is 0. The molecule has 0 atom stereocenters. The third-order valence-electron chi connectivity index (χ3n) is 4.87. The number of benzene rings is 2. The smallest absolute Gasteiger partial charge is 0.341 e. The molecule has 3 rings (SSSR count). The maximum atomic E-state index is 14.1. The molecule has 0 aliphatic carbocycles. The number of ether oxygens (including phenoxy) is 1. The van der Waals surface area contributed by atoms with Crippen molar-refractivity contribution in [3.63, 3.8) is 0 Å². The Labute approximate surface area is 183 Å². The molecule has 3 aromatic rings. The first-order chi connectivity index (χ1) is 15.0. The van der Waals surface area contributed by atoms with Crippen LogP contribution < -0.4 is 4.72 Å². The van der Waals surface area contributed by atoms with E-state index in [1.54, 1.807) is 36.6 Å². The Morgan fingerprint density at radius 1 is 1.03 bits per heavy atom. The zero-order valence-corrected chi connectivity index (χ0v) is 18.3. The van der Waals surface area contributed by atoms with Crippen LogP contribution in [0.25, 0.3) is 5.69 Å². The number of hydrogen-bond donors (Lipinski definition) is 1. The van der Waals surface area contributed by atoms with Crippen LogP contribution in [0.2, 0.25) is 0 Å². The summed E-state index contributed by atoms with van der Waals surface area (Å²) in [5, 5.41) is 0. The summed E-state index contributed by atoms with van der Waals surface area (Å²) in [5.74, 6) is -3.14. The standard InChI is InChI=1S/C22H20F2N2O5S/c1-13-9-18(14(2)26(13)16-6-4-5-15(23)10-16)21(27)12-31-22(28)19-11-17(7-8-20(19)24)32(29,30)25-3/h4-11,25H,12H2,1-3H3. The lowest BCUT2D eigenvalue weighted by Gasteiger charge is -2.10. The highest BCUT2D eigenvalue weighted by atomic mass is 32.2. The third kappa shape index (κ3) is 4.61. The van der Waals surface area contributed by atoms with Crippen LogP contribution in [0.15, 0.2) is 53.4 Å². The molecular formula is C22H20F2N2O5S. The Kier molecular flexibility index (Phi) is 6.56. The van der Waals surface area contributed by atoms with E-state index in [9.17, 15) is 26.8 Å². The van der Waals surface area contributed by atoms with Crippen LogP contribution in [0.3, 0.4) is 0 Å². The molecule has 0 aliphatic rings. The second kappa shape index (κ2) is 9.01. The van der Waals surface area contributed by atoms with Crippen molar-refractivity contribution in [2.45, 2.75) is 18.7 Å². The van der Waals surface area contributed by atoms with Crippen LogP contribution in [0.1, 0.15) is 32.1 Å². The molecule has 0 fully saturated rings. The van der Waals surface area contributed by atoms with Gasteiger partial charge in [0.15, 0.2) is 6.61 Å². The van der Waals surface area contributed by atoms with Gasteiger partial charge in [0.05, 0.1) is 10.5 Å². The normalized spacial score (nSPS) is 11.4. The van der Waals surface area contributed by atoms with Gasteiger partial charge in [-0.3, -0.25) is 4.79 Å². The summed E-state index contributed by atoms with van der Waals surface area (Å²) < 4.78 is 60.1. The third-order valence-corrected chi connectivity index (χ3v) is 6.28. The zero-order chi connectivity index (χ0) is 23.6. The van der Waals surface area contributed by atoms with E-state index in [4.69, 9.17) is 4.74 Å². The molecule has 0 unspecified atom stereocenters. The van der Waals surface area contributed by atoms with Crippen molar-refractivity contribution in [2.24, 2.45) is 0 Å². The minimum Gasteiger partial charge on any atom is -0.454 e. The average Bonchev–Trinajstić information content (AvgIpc) is 3.05. The molecule has 0 saturated heterocycles. The second-order valence-electron chi connectivity index (χ2n) is 6.95. The Hall–Kier alpha value is -3.37. The number of halogens is 2. The minimum absolute atomic E-state index is 0.256. The zero-order valence-electron chi connectivity index (χ0n) is 17.5. The first kappa shape index (κ1) is 23.3. The number of carbonyl (C=O) groups is 2. The summed E-state index contributed by atoms with van der Waals surface area (Å²) in [4.78, 5) is 24.6. The van der Waals surface area contributed by atoms with Gasteiger partial charge in [0, 0.05) is 22.6 Å². The lowest BCUT2D eigenvalue weighted by atomic mass is 10.1. The van der Waals surface area contributed by atoms with Gasteiger partial charge in [-0.15, -0.1) is 0 Å². The largest absolute Gasteiger partial charge is 0.454 e. The van der Waals surface area contributed by atoms with Crippen LogP contribution in [0, 0.1) is 25.5 Å². The highest BCUT2D eigenvalue weighted by molar-refractivity contribution is 7.89. The molecule has 2 aromatic carbocycles. The highest BCUT2D eigenvalue weighted by Gasteiger charge is 2.22. The lowest BCUT2D eigenvalue weighted by molar-refractivity contribution is 0.0469. The van der Waals surface area contributed by atoms with E-state index in [0.29, 0.717) is 17.1 Å². The van der Waals surface area contributed by atoms with Gasteiger partial charge in [-0.1, -0.05) is 6.07 Å². The molecule has 0 saturated carbocycles. The van der Waals surface area contributed by atoms with E-state index >= 15 is 0 Å². The highest BCUT2D eigenvalue weighted by Crippen LogP contribution is 2.22. The number of Topliss-reactive ketones (excluding diaryl/α,β-unsaturated/α-hetero) is 1. The fraction of sp³-hybridized carbons (Fsp3) is 0.182. The summed E-state index contributed by atoms with van der Waals surface area (Å²) in [6, 6.07) is 10.1. The van der Waals surface area contributed by atoms with Crippen molar-refractivity contribution < 1.29 is 31.5 Å². The number of nitrogens with zero attached hydrogens (tertiary/aromatic N) is 1. The Morgan fingerprint density at radius 2 is 1.75 bits per heavy atom. The van der Waals surface area contributed by atoms with Crippen LogP contribution >= 0.6 is 0 Å². The Balaban J connectivity index is 1.81. The number of hydrogen-bond acceptors (Lipinski definition) is 5. The van der Waals surface area contributed by atoms with Gasteiger partial charge >= 0.3 is 5.97 Å². The van der Waals surface area contributed by atoms with Crippen LogP contribution in [-0.2, 0) is 14.8 Å². The van der Waals surface area contributed by atoms with Crippen LogP contribution in [0.5, 0.6) is 0 Å². The van der Waals surface area contributed by atoms with E-state index in [1.807, 2.05) is 0 Å². The molecule has 10 heteroatoms. The molecule has 1 heterocycles. The Bertz CT molecular complexity index is 1320. The lowest BCUT2D eigenvalue weighted by Crippen LogP contribution is -2.20. The predicted molar refractivity (Wildman–Crippen MR) is 112 cm³/mol. The molecule has 1 N–H and O–H groups in total. The summed E-state index contributed by atoms with van der Waals surface area (Å²) in [7, 11) is -2.73. The van der Waals surface area contributed by atoms with Gasteiger partial charge in [0.2, 0.25) is 15.8 Å². The molecule has 168 valence electrons. The van der Waals surface area contributed by atoms with E-state index < -0.39 is 45.6 Å². The van der Waals surface area contributed by atoms with Crippen LogP contribution in [0.4, 0.5) is 8.78 Å². The van der Waals surface area contributed by atoms with Crippen LogP contribution in [-0.4, -0.2) is 38.4 Å². The predicted octanol–water partition coefficient (Wildman–Crippen LogP) is 3.32. The summed E-state index contributed by atoms with van der Waals surface area (Å²) in [6.45, 7) is 2.72. The number of aryl methyl sites for hydroxylation is 1. The summed E-state index contributed by atoms with van der Waals surface area (Å²) in [6.07, 6.45) is 0. The van der Waals surface area contributed by atoms with E-state index in [-0.39, 0.29) is 10.5 Å². The quantitative estimate of drug-likeness (QED) is 0.429. The maximum Gasteiger partial charge on any atom is 0.341 e. The fourth-order valence-corrected chi connectivity index (χ4v) is 4.05. The average molecular weight is 462 g/mol. The summed E-state index contributed by atoms with van der Waals surface area (Å²) in [5.41, 5.74) is 1.35. The first-order valence-electron chi connectivity index (χ1n) is 9.43. The molecule has 32 heavy (non-hydrogen) atoms. The number of ketones is 1. The molecule has 0 aliphatic heterocycles. The van der Waals surface area contributed by atoms with Gasteiger partial charge < -0.3 is 9.30 Å². The second-order valence-corrected chi connectivity index (χ2v) is 8.84. The molecule has 0 spiro atoms. The van der Waals surface area contributed by atoms with Crippen molar-refractivity contribution >= 4 is 21.8 Å². The minimum atomic E-state index is -3.90. The number of carbonyl (C=O) groups excluding carboxylic acids is 2. The molecule has 0 bridgehead atoms. The fourth-order valence-electron chi connectivity index (χ4n) is 3.29. The first-order valence-corrected chi connectivity index (χ1v) is 10.9. The van der Waals surface area contributed by atoms with Crippen molar-refractivity contribution in [3.05, 3.63) is 82.7 Å². The van der Waals surface area contributed by atoms with Gasteiger partial charge in [0.25, 0.3) is 0 Å². The van der Waals surface area contributed by atoms with Gasteiger partial charge in [-0.05, 0) is 63.4 Å². The van der Waals surface area contributed by atoms with Gasteiger partial charge in [-0.25, -0.2) is 26.7 Å². The molecular weight excluding hydrogens is 442 g/mol. The topological polar surface area (TPSA) is 94.5 Å². The van der Waals surface area contributed by atoms with Crippen molar-refractivity contribution in [3.8, 4) is 5.69 Å². The molecule has 1 aromatic heterocycles. The SMILES string of the molecule is CNS(=O)(=O)c1ccc(F)c(C(=O)OCC(=O)c2cc(C)n(-c3cccc(F)c3)c2C)c1. The van der Waals surface area contributed by atoms with E-state index in [0.717, 1.165) is 18.2 Å². The number of aromatic nitrogens is 1. The number of esters is 1. The Morgan fingerprint density at radius 3 is 2.41 bits per heavy atom. The number of rotatable bonds is 7. The van der Waals surface area contributed by atoms with E-state index in [2.05, 4.69) is 4.72 Å². The van der Waals surface area contributed by atoms with Gasteiger partial charge in [-0.2, -0.15) is 0 Å². The monoisotopic (exact) mass is 462 g/mol. The van der Waals surface area contributed by atoms with Crippen molar-refractivity contribution in [1.82, 2.24) is 9.29 Å². The molecule has 7 nitrogen and oxygen atoms in total. The van der Waals surface area contributed by atoms with E-state index in [1.165, 1.54) is 19.2 Å². The maximum absolute atomic E-state index is 14.1. The number of nitrogens with one attached hydrogen (secondary N) is 1. The molecule has 0 amide bonds.